The van der Waals surface area contributed by atoms with E-state index in [1.54, 1.807) is 45.0 Å². The maximum absolute atomic E-state index is 13.0. The largest absolute Gasteiger partial charge is 0.498 e. The highest BCUT2D eigenvalue weighted by Crippen LogP contribution is 2.36. The Kier molecular flexibility index (Phi) is 7.71. The second kappa shape index (κ2) is 9.93. The fourth-order valence-electron chi connectivity index (χ4n) is 4.07. The summed E-state index contributed by atoms with van der Waals surface area (Å²) in [6.45, 7) is 16.2. The summed E-state index contributed by atoms with van der Waals surface area (Å²) in [5, 5.41) is 2.64. The summed E-state index contributed by atoms with van der Waals surface area (Å²) in [5.41, 5.74) is -0.714. The normalized spacial score (nSPS) is 22.5. The number of piperidine rings is 1. The first-order valence-corrected chi connectivity index (χ1v) is 12.3. The Morgan fingerprint density at radius 1 is 1.20 bits per heavy atom. The van der Waals surface area contributed by atoms with Crippen molar-refractivity contribution in [2.75, 3.05) is 25.0 Å². The molecule has 2 aliphatic rings. The zero-order valence-corrected chi connectivity index (χ0v) is 22.5. The molecule has 0 saturated carbocycles. The fourth-order valence-corrected chi connectivity index (χ4v) is 4.07. The van der Waals surface area contributed by atoms with Crippen molar-refractivity contribution in [3.63, 3.8) is 0 Å². The van der Waals surface area contributed by atoms with Crippen LogP contribution in [-0.4, -0.2) is 83.0 Å². The molecule has 0 spiro atoms. The first-order chi connectivity index (χ1) is 16.1. The third-order valence-electron chi connectivity index (χ3n) is 6.86. The van der Waals surface area contributed by atoms with E-state index < -0.39 is 36.1 Å². The van der Waals surface area contributed by atoms with Crippen LogP contribution < -0.4 is 15.7 Å². The second-order valence-electron chi connectivity index (χ2n) is 11.5. The average molecular weight is 489 g/mol. The van der Waals surface area contributed by atoms with Crippen molar-refractivity contribution >= 4 is 30.5 Å². The van der Waals surface area contributed by atoms with Gasteiger partial charge in [-0.25, -0.2) is 14.8 Å². The number of aromatic nitrogens is 2. The summed E-state index contributed by atoms with van der Waals surface area (Å²) in [6, 6.07) is -0.617. The molecule has 1 N–H and O–H groups in total. The lowest BCUT2D eigenvalue weighted by Gasteiger charge is -2.38. The molecular formula is C24H40BN5O5. The molecule has 0 aromatic carbocycles. The van der Waals surface area contributed by atoms with Crippen molar-refractivity contribution in [1.82, 2.24) is 20.2 Å². The van der Waals surface area contributed by atoms with Crippen LogP contribution in [0.15, 0.2) is 12.4 Å². The molecule has 2 fully saturated rings. The van der Waals surface area contributed by atoms with Crippen molar-refractivity contribution in [2.24, 2.45) is 0 Å². The highest BCUT2D eigenvalue weighted by molar-refractivity contribution is 6.61. The number of likely N-dealkylation sites (N-methyl/N-ethyl adjacent to an activating group) is 1. The third kappa shape index (κ3) is 6.44. The summed E-state index contributed by atoms with van der Waals surface area (Å²) >= 11 is 0. The molecule has 2 atom stereocenters. The van der Waals surface area contributed by atoms with Gasteiger partial charge in [0.15, 0.2) is 0 Å². The van der Waals surface area contributed by atoms with Crippen LogP contribution in [0, 0.1) is 0 Å². The molecule has 2 aliphatic heterocycles. The molecule has 194 valence electrons. The summed E-state index contributed by atoms with van der Waals surface area (Å²) < 4.78 is 17.4. The molecule has 0 aliphatic carbocycles. The Morgan fingerprint density at radius 2 is 1.77 bits per heavy atom. The quantitative estimate of drug-likeness (QED) is 0.627. The van der Waals surface area contributed by atoms with Gasteiger partial charge in [-0.1, -0.05) is 0 Å². The number of nitrogens with zero attached hydrogens (tertiary/aromatic N) is 4. The van der Waals surface area contributed by atoms with Crippen LogP contribution in [0.2, 0.25) is 0 Å². The van der Waals surface area contributed by atoms with Gasteiger partial charge in [0.2, 0.25) is 11.9 Å². The van der Waals surface area contributed by atoms with E-state index in [1.165, 1.54) is 0 Å². The molecule has 2 saturated heterocycles. The van der Waals surface area contributed by atoms with Gasteiger partial charge >= 0.3 is 13.2 Å². The van der Waals surface area contributed by atoms with Gasteiger partial charge in [-0.2, -0.15) is 0 Å². The molecule has 1 aromatic rings. The number of rotatable bonds is 5. The van der Waals surface area contributed by atoms with Crippen LogP contribution in [-0.2, 0) is 18.8 Å². The highest BCUT2D eigenvalue weighted by Gasteiger charge is 2.52. The van der Waals surface area contributed by atoms with Gasteiger partial charge in [-0.05, 0) is 68.2 Å². The molecule has 0 radical (unpaired) electrons. The summed E-state index contributed by atoms with van der Waals surface area (Å²) in [4.78, 5) is 37.9. The first-order valence-electron chi connectivity index (χ1n) is 12.3. The zero-order valence-electron chi connectivity index (χ0n) is 22.5. The number of ether oxygens (including phenoxy) is 1. The van der Waals surface area contributed by atoms with Crippen molar-refractivity contribution in [3.05, 3.63) is 12.4 Å². The van der Waals surface area contributed by atoms with Gasteiger partial charge in [-0.15, -0.1) is 0 Å². The van der Waals surface area contributed by atoms with Gasteiger partial charge in [0.1, 0.15) is 11.6 Å². The minimum Gasteiger partial charge on any atom is -0.444 e. The topological polar surface area (TPSA) is 106 Å². The first kappa shape index (κ1) is 27.2. The Morgan fingerprint density at radius 3 is 2.31 bits per heavy atom. The number of anilines is 1. The number of carbonyl (C=O) groups is 2. The molecule has 2 amide bonds. The maximum atomic E-state index is 13.0. The van der Waals surface area contributed by atoms with Crippen LogP contribution in [0.5, 0.6) is 0 Å². The van der Waals surface area contributed by atoms with Crippen LogP contribution in [0.1, 0.15) is 68.2 Å². The van der Waals surface area contributed by atoms with Crippen LogP contribution in [0.3, 0.4) is 0 Å². The van der Waals surface area contributed by atoms with Gasteiger partial charge in [0.05, 0.1) is 11.2 Å². The smallest absolute Gasteiger partial charge is 0.444 e. The van der Waals surface area contributed by atoms with Crippen LogP contribution >= 0.6 is 0 Å². The van der Waals surface area contributed by atoms with E-state index >= 15 is 0 Å². The Labute approximate surface area is 209 Å². The molecule has 1 aromatic heterocycles. The van der Waals surface area contributed by atoms with Gasteiger partial charge in [-0.3, -0.25) is 4.79 Å². The Bertz CT molecular complexity index is 902. The molecule has 3 rings (SSSR count). The van der Waals surface area contributed by atoms with E-state index in [0.29, 0.717) is 19.0 Å². The van der Waals surface area contributed by atoms with E-state index in [2.05, 4.69) is 15.3 Å². The number of likely N-dealkylation sites (tertiary alicyclic amines) is 1. The molecule has 11 heteroatoms. The number of nitrogens with one attached hydrogen (secondary N) is 1. The van der Waals surface area contributed by atoms with Crippen molar-refractivity contribution in [2.45, 2.75) is 97.1 Å². The zero-order chi connectivity index (χ0) is 26.2. The Hall–Kier alpha value is -2.40. The SMILES string of the molecule is CC(NC(=O)OC(C)(C)C)C(=O)N1CCC[C@H](N(C)c2ncc(B3OC(C)(C)C(C)(C)O3)cn2)C1. The molecule has 35 heavy (non-hydrogen) atoms. The standard InChI is InChI=1S/C24H40BN5O5/c1-16(28-21(32)33-22(2,3)4)19(31)30-12-10-11-18(15-30)29(9)20-26-13-17(14-27-20)25-34-23(5,6)24(7,8)35-25/h13-14,16,18H,10-12,15H2,1-9H3,(H,28,32)/t16?,18-/m0/s1. The minimum absolute atomic E-state index is 0.0594. The van der Waals surface area contributed by atoms with Crippen molar-refractivity contribution in [3.8, 4) is 0 Å². The number of amides is 2. The lowest BCUT2D eigenvalue weighted by molar-refractivity contribution is -0.134. The Balaban J connectivity index is 1.59. The van der Waals surface area contributed by atoms with E-state index in [-0.39, 0.29) is 11.9 Å². The molecule has 3 heterocycles. The van der Waals surface area contributed by atoms with Gasteiger partial charge in [0, 0.05) is 44.0 Å². The lowest BCUT2D eigenvalue weighted by atomic mass is 9.81. The summed E-state index contributed by atoms with van der Waals surface area (Å²) in [7, 11) is 1.42. The summed E-state index contributed by atoms with van der Waals surface area (Å²) in [5.74, 6) is 0.440. The number of hydrogen-bond donors (Lipinski definition) is 1. The van der Waals surface area contributed by atoms with E-state index in [0.717, 1.165) is 18.3 Å². The molecular weight excluding hydrogens is 449 g/mol. The van der Waals surface area contributed by atoms with Crippen molar-refractivity contribution < 1.29 is 23.6 Å². The van der Waals surface area contributed by atoms with Crippen molar-refractivity contribution in [1.29, 1.82) is 0 Å². The summed E-state index contributed by atoms with van der Waals surface area (Å²) in [6.07, 6.45) is 4.64. The van der Waals surface area contributed by atoms with Crippen LogP contribution in [0.25, 0.3) is 0 Å². The fraction of sp³-hybridized carbons (Fsp3) is 0.750. The second-order valence-corrected chi connectivity index (χ2v) is 11.5. The van der Waals surface area contributed by atoms with E-state index in [1.807, 2.05) is 39.6 Å². The number of alkyl carbamates (subject to hydrolysis) is 1. The van der Waals surface area contributed by atoms with Crippen LogP contribution in [0.4, 0.5) is 10.7 Å². The average Bonchev–Trinajstić information content (AvgIpc) is 2.98. The molecule has 10 nitrogen and oxygen atoms in total. The minimum atomic E-state index is -0.677. The number of hydrogen-bond acceptors (Lipinski definition) is 8. The third-order valence-corrected chi connectivity index (χ3v) is 6.86. The van der Waals surface area contributed by atoms with E-state index in [4.69, 9.17) is 14.0 Å². The van der Waals surface area contributed by atoms with E-state index in [9.17, 15) is 9.59 Å². The predicted octanol–water partition coefficient (Wildman–Crippen LogP) is 2.12. The monoisotopic (exact) mass is 489 g/mol. The molecule has 0 bridgehead atoms. The highest BCUT2D eigenvalue weighted by atomic mass is 16.7. The number of carbonyl (C=O) groups excluding carboxylic acids is 2. The molecule has 1 unspecified atom stereocenters. The lowest BCUT2D eigenvalue weighted by Crippen LogP contribution is -2.54. The van der Waals surface area contributed by atoms with Gasteiger partial charge in [0.25, 0.3) is 0 Å². The maximum Gasteiger partial charge on any atom is 0.498 e. The van der Waals surface area contributed by atoms with Gasteiger partial charge < -0.3 is 29.2 Å². The predicted molar refractivity (Wildman–Crippen MR) is 135 cm³/mol.